The van der Waals surface area contributed by atoms with Crippen LogP contribution in [0.15, 0.2) is 4.99 Å². The van der Waals surface area contributed by atoms with Gasteiger partial charge in [0.05, 0.1) is 18.6 Å². The standard InChI is InChI=1S/C19H35N9O8/c1-8(29)14(17(34)26-10(18(35)36)3-2-6-25-19(23)24)28-16(33)11(7-13(22)31)27-15(32)9(20)4-5-12(21)30/h8-11,14,29H,2-7,20H2,1H3,(H2,21,30)(H2,22,31)(H,26,34)(H,27,32)(H,28,33)(H,35,36)(H4,23,24,25). The fourth-order valence-electron chi connectivity index (χ4n) is 2.80. The molecule has 204 valence electrons. The summed E-state index contributed by atoms with van der Waals surface area (Å²) in [5, 5.41) is 25.9. The second kappa shape index (κ2) is 15.8. The van der Waals surface area contributed by atoms with E-state index in [2.05, 4.69) is 20.9 Å². The number of hydrogen-bond acceptors (Lipinski definition) is 9. The number of amides is 5. The molecule has 0 aromatic heterocycles. The summed E-state index contributed by atoms with van der Waals surface area (Å²) in [4.78, 5) is 75.1. The number of nitrogens with one attached hydrogen (secondary N) is 3. The molecule has 0 rings (SSSR count). The van der Waals surface area contributed by atoms with Crippen molar-refractivity contribution in [2.45, 2.75) is 69.3 Å². The Kier molecular flexibility index (Phi) is 14.1. The monoisotopic (exact) mass is 517 g/mol. The number of carboxylic acid groups (broad SMARTS) is 1. The number of carbonyl (C=O) groups is 6. The molecule has 0 spiro atoms. The third-order valence-electron chi connectivity index (χ3n) is 4.70. The Hall–Kier alpha value is -3.99. The lowest BCUT2D eigenvalue weighted by atomic mass is 10.1. The Bertz CT molecular complexity index is 845. The Morgan fingerprint density at radius 2 is 1.42 bits per heavy atom. The van der Waals surface area contributed by atoms with Crippen molar-refractivity contribution in [1.29, 1.82) is 0 Å². The fourth-order valence-corrected chi connectivity index (χ4v) is 2.80. The van der Waals surface area contributed by atoms with Gasteiger partial charge in [-0.25, -0.2) is 4.79 Å². The number of aliphatic hydroxyl groups excluding tert-OH is 1. The third-order valence-corrected chi connectivity index (χ3v) is 4.70. The predicted octanol–water partition coefficient (Wildman–Crippen LogP) is -5.57. The molecule has 5 amide bonds. The van der Waals surface area contributed by atoms with Gasteiger partial charge < -0.3 is 54.8 Å². The molecule has 0 fully saturated rings. The molecule has 17 heteroatoms. The van der Waals surface area contributed by atoms with Gasteiger partial charge in [-0.1, -0.05) is 0 Å². The number of aliphatic hydroxyl groups is 1. The molecule has 0 bridgehead atoms. The second-order valence-corrected chi connectivity index (χ2v) is 7.92. The van der Waals surface area contributed by atoms with Crippen LogP contribution in [0.3, 0.4) is 0 Å². The van der Waals surface area contributed by atoms with Crippen LogP contribution in [0.1, 0.15) is 39.0 Å². The minimum atomic E-state index is -1.66. The first-order valence-electron chi connectivity index (χ1n) is 10.8. The highest BCUT2D eigenvalue weighted by molar-refractivity contribution is 5.96. The average molecular weight is 518 g/mol. The van der Waals surface area contributed by atoms with Gasteiger partial charge in [0.15, 0.2) is 5.96 Å². The fraction of sp³-hybridized carbons (Fsp3) is 0.632. The van der Waals surface area contributed by atoms with Crippen molar-refractivity contribution in [2.24, 2.45) is 33.7 Å². The van der Waals surface area contributed by atoms with Gasteiger partial charge in [-0.05, 0) is 26.2 Å². The minimum absolute atomic E-state index is 0.0676. The van der Waals surface area contributed by atoms with Gasteiger partial charge in [-0.2, -0.15) is 0 Å². The highest BCUT2D eigenvalue weighted by atomic mass is 16.4. The molecular weight excluding hydrogens is 482 g/mol. The molecule has 0 aliphatic carbocycles. The summed E-state index contributed by atoms with van der Waals surface area (Å²) in [6, 6.07) is -5.88. The largest absolute Gasteiger partial charge is 0.480 e. The van der Waals surface area contributed by atoms with E-state index >= 15 is 0 Å². The van der Waals surface area contributed by atoms with Crippen molar-refractivity contribution in [2.75, 3.05) is 6.54 Å². The van der Waals surface area contributed by atoms with Crippen molar-refractivity contribution < 1.29 is 39.0 Å². The van der Waals surface area contributed by atoms with Crippen molar-refractivity contribution in [3.63, 3.8) is 0 Å². The highest BCUT2D eigenvalue weighted by Crippen LogP contribution is 2.04. The second-order valence-electron chi connectivity index (χ2n) is 7.92. The normalized spacial score (nSPS) is 14.8. The smallest absolute Gasteiger partial charge is 0.326 e. The van der Waals surface area contributed by atoms with E-state index in [9.17, 15) is 39.0 Å². The van der Waals surface area contributed by atoms with Crippen molar-refractivity contribution in [3.05, 3.63) is 0 Å². The number of nitrogens with two attached hydrogens (primary N) is 5. The van der Waals surface area contributed by atoms with Gasteiger partial charge in [-0.3, -0.25) is 29.0 Å². The van der Waals surface area contributed by atoms with E-state index in [1.165, 1.54) is 0 Å². The van der Waals surface area contributed by atoms with Crippen molar-refractivity contribution >= 4 is 41.5 Å². The number of nitrogens with zero attached hydrogens (tertiary/aromatic N) is 1. The molecular formula is C19H35N9O8. The van der Waals surface area contributed by atoms with E-state index in [-0.39, 0.29) is 38.2 Å². The van der Waals surface area contributed by atoms with Crippen LogP contribution < -0.4 is 44.6 Å². The number of primary amides is 2. The van der Waals surface area contributed by atoms with Gasteiger partial charge in [-0.15, -0.1) is 0 Å². The average Bonchev–Trinajstić information content (AvgIpc) is 2.75. The maximum absolute atomic E-state index is 12.7. The minimum Gasteiger partial charge on any atom is -0.480 e. The maximum Gasteiger partial charge on any atom is 0.326 e. The number of aliphatic carboxylic acids is 1. The first kappa shape index (κ1) is 32.0. The van der Waals surface area contributed by atoms with Crippen LogP contribution in [0.4, 0.5) is 0 Å². The van der Waals surface area contributed by atoms with Crippen LogP contribution in [0.5, 0.6) is 0 Å². The number of guanidine groups is 1. The van der Waals surface area contributed by atoms with Crippen LogP contribution >= 0.6 is 0 Å². The van der Waals surface area contributed by atoms with Crippen LogP contribution in [0.25, 0.3) is 0 Å². The van der Waals surface area contributed by atoms with E-state index in [1.807, 2.05) is 0 Å². The zero-order valence-corrected chi connectivity index (χ0v) is 19.8. The Balaban J connectivity index is 5.38. The molecule has 36 heavy (non-hydrogen) atoms. The quantitative estimate of drug-likeness (QED) is 0.0492. The maximum atomic E-state index is 12.7. The summed E-state index contributed by atoms with van der Waals surface area (Å²) in [6.45, 7) is 1.26. The first-order chi connectivity index (χ1) is 16.6. The van der Waals surface area contributed by atoms with E-state index < -0.39 is 72.2 Å². The number of hydrogen-bond donors (Lipinski definition) is 10. The molecule has 0 aromatic rings. The molecule has 17 nitrogen and oxygen atoms in total. The Labute approximate surface area is 206 Å². The van der Waals surface area contributed by atoms with Crippen molar-refractivity contribution in [3.8, 4) is 0 Å². The van der Waals surface area contributed by atoms with Crippen LogP contribution in [-0.4, -0.2) is 88.5 Å². The topological polar surface area (TPSA) is 321 Å². The summed E-state index contributed by atoms with van der Waals surface area (Å²) >= 11 is 0. The first-order valence-corrected chi connectivity index (χ1v) is 10.8. The number of carboxylic acids is 1. The summed E-state index contributed by atoms with van der Waals surface area (Å²) in [7, 11) is 0. The van der Waals surface area contributed by atoms with Crippen LogP contribution in [-0.2, 0) is 28.8 Å². The molecule has 0 heterocycles. The SMILES string of the molecule is CC(O)C(NC(=O)C(CC(N)=O)NC(=O)C(N)CCC(N)=O)C(=O)NC(CCCN=C(N)N)C(=O)O. The van der Waals surface area contributed by atoms with E-state index in [1.54, 1.807) is 0 Å². The van der Waals surface area contributed by atoms with Crippen LogP contribution in [0, 0.1) is 0 Å². The van der Waals surface area contributed by atoms with E-state index in [0.717, 1.165) is 6.92 Å². The molecule has 0 saturated carbocycles. The summed E-state index contributed by atoms with van der Waals surface area (Å²) in [6.07, 6.45) is -2.40. The summed E-state index contributed by atoms with van der Waals surface area (Å²) in [5.41, 5.74) is 26.2. The highest BCUT2D eigenvalue weighted by Gasteiger charge is 2.33. The lowest BCUT2D eigenvalue weighted by Crippen LogP contribution is -2.60. The Morgan fingerprint density at radius 1 is 0.833 bits per heavy atom. The molecule has 5 unspecified atom stereocenters. The lowest BCUT2D eigenvalue weighted by Gasteiger charge is -2.26. The number of carbonyl (C=O) groups excluding carboxylic acids is 5. The molecule has 0 radical (unpaired) electrons. The van der Waals surface area contributed by atoms with Gasteiger partial charge in [0.25, 0.3) is 0 Å². The third kappa shape index (κ3) is 13.0. The van der Waals surface area contributed by atoms with E-state index in [0.29, 0.717) is 0 Å². The zero-order valence-electron chi connectivity index (χ0n) is 19.8. The summed E-state index contributed by atoms with van der Waals surface area (Å²) < 4.78 is 0. The number of rotatable bonds is 17. The van der Waals surface area contributed by atoms with Gasteiger partial charge in [0, 0.05) is 13.0 Å². The van der Waals surface area contributed by atoms with Gasteiger partial charge in [0.1, 0.15) is 18.1 Å². The number of aliphatic imine (C=N–C) groups is 1. The van der Waals surface area contributed by atoms with Gasteiger partial charge >= 0.3 is 5.97 Å². The van der Waals surface area contributed by atoms with Crippen LogP contribution in [0.2, 0.25) is 0 Å². The lowest BCUT2D eigenvalue weighted by molar-refractivity contribution is -0.143. The molecule has 0 aromatic carbocycles. The van der Waals surface area contributed by atoms with Gasteiger partial charge in [0.2, 0.25) is 29.5 Å². The summed E-state index contributed by atoms with van der Waals surface area (Å²) in [5.74, 6) is -6.28. The zero-order chi connectivity index (χ0) is 28.0. The molecule has 0 saturated heterocycles. The van der Waals surface area contributed by atoms with Crippen molar-refractivity contribution in [1.82, 2.24) is 16.0 Å². The molecule has 0 aliphatic rings. The molecule has 0 aliphatic heterocycles. The Morgan fingerprint density at radius 3 is 1.89 bits per heavy atom. The molecule has 15 N–H and O–H groups in total. The predicted molar refractivity (Wildman–Crippen MR) is 125 cm³/mol. The van der Waals surface area contributed by atoms with E-state index in [4.69, 9.17) is 28.7 Å². The molecule has 5 atom stereocenters.